The third-order valence-electron chi connectivity index (χ3n) is 2.19. The summed E-state index contributed by atoms with van der Waals surface area (Å²) in [5, 5.41) is 8.82. The first-order valence-corrected chi connectivity index (χ1v) is 5.79. The minimum atomic E-state index is -1.34. The summed E-state index contributed by atoms with van der Waals surface area (Å²) in [6.07, 6.45) is 3.87. The highest BCUT2D eigenvalue weighted by Crippen LogP contribution is 2.38. The third kappa shape index (κ3) is 2.18. The fourth-order valence-corrected chi connectivity index (χ4v) is 2.97. The molecule has 1 saturated carbocycles. The summed E-state index contributed by atoms with van der Waals surface area (Å²) >= 11 is 0. The predicted octanol–water partition coefficient (Wildman–Crippen LogP) is 1.97. The van der Waals surface area contributed by atoms with Gasteiger partial charge in [-0.2, -0.15) is 5.26 Å². The van der Waals surface area contributed by atoms with Crippen LogP contribution in [-0.2, 0) is 10.0 Å². The lowest BCUT2D eigenvalue weighted by Crippen LogP contribution is -2.20. The van der Waals surface area contributed by atoms with Crippen molar-refractivity contribution in [3.05, 3.63) is 0 Å². The molecule has 1 fully saturated rings. The van der Waals surface area contributed by atoms with E-state index in [2.05, 4.69) is 6.07 Å². The van der Waals surface area contributed by atoms with Gasteiger partial charge in [0.25, 0.3) is 0 Å². The Morgan fingerprint density at radius 2 is 2.09 bits per heavy atom. The minimum Gasteiger partial charge on any atom is -0.243 e. The molecule has 0 radical (unpaired) electrons. The zero-order valence-electron chi connectivity index (χ0n) is 6.18. The molecule has 0 saturated heterocycles. The molecule has 4 heteroatoms. The molecule has 11 heavy (non-hydrogen) atoms. The molecule has 1 rings (SSSR count). The van der Waals surface area contributed by atoms with Gasteiger partial charge in [-0.15, -0.1) is 0 Å². The molecule has 0 aromatic heterocycles. The van der Waals surface area contributed by atoms with Gasteiger partial charge in [0, 0.05) is 0 Å². The smallest absolute Gasteiger partial charge is 0.116 e. The Bertz CT molecular complexity index is 205. The van der Waals surface area contributed by atoms with Crippen LogP contribution in [0.15, 0.2) is 0 Å². The lowest BCUT2D eigenvalue weighted by Gasteiger charge is -2.16. The van der Waals surface area contributed by atoms with Crippen LogP contribution in [0.5, 0.6) is 0 Å². The Hall–Kier alpha value is -0.0700. The van der Waals surface area contributed by atoms with Gasteiger partial charge in [-0.05, 0) is 23.5 Å². The van der Waals surface area contributed by atoms with Crippen molar-refractivity contribution < 1.29 is 4.21 Å². The molecule has 1 aliphatic rings. The second-order valence-electron chi connectivity index (χ2n) is 3.03. The summed E-state index contributed by atoms with van der Waals surface area (Å²) in [7, 11) is 4.00. The van der Waals surface area contributed by atoms with E-state index in [1.54, 1.807) is 0 Å². The van der Waals surface area contributed by atoms with Crippen molar-refractivity contribution in [3.63, 3.8) is 0 Å². The highest BCUT2D eigenvalue weighted by molar-refractivity contribution is 8.08. The highest BCUT2D eigenvalue weighted by atomic mass is 35.7. The molecule has 0 aromatic rings. The number of nitrogens with zero attached hydrogens (tertiary/aromatic N) is 1. The van der Waals surface area contributed by atoms with E-state index >= 15 is 0 Å². The number of hydrogen-bond acceptors (Lipinski definition) is 2. The summed E-state index contributed by atoms with van der Waals surface area (Å²) in [6, 6.07) is 2.23. The number of halogens is 1. The Morgan fingerprint density at radius 1 is 1.55 bits per heavy atom. The van der Waals surface area contributed by atoms with Gasteiger partial charge in [0.1, 0.15) is 10.0 Å². The van der Waals surface area contributed by atoms with Crippen molar-refractivity contribution in [1.82, 2.24) is 0 Å². The Kier molecular flexibility index (Phi) is 2.91. The van der Waals surface area contributed by atoms with Gasteiger partial charge in [0.15, 0.2) is 0 Å². The molecule has 0 bridgehead atoms. The quantitative estimate of drug-likeness (QED) is 0.627. The molecule has 62 valence electrons. The molecular weight excluding hydrogens is 182 g/mol. The van der Waals surface area contributed by atoms with E-state index in [0.29, 0.717) is 5.75 Å². The summed E-state index contributed by atoms with van der Waals surface area (Å²) in [6.45, 7) is 0. The molecule has 2 nitrogen and oxygen atoms in total. The second-order valence-corrected chi connectivity index (χ2v) is 4.93. The van der Waals surface area contributed by atoms with Crippen molar-refractivity contribution in [1.29, 1.82) is 5.26 Å². The van der Waals surface area contributed by atoms with Crippen molar-refractivity contribution in [3.8, 4) is 6.07 Å². The minimum absolute atomic E-state index is 0.338. The Balaban J connectivity index is 2.61. The fraction of sp³-hybridized carbons (Fsp3) is 0.857. The van der Waals surface area contributed by atoms with Crippen LogP contribution >= 0.6 is 10.7 Å². The summed E-state index contributed by atoms with van der Waals surface area (Å²) < 4.78 is 10.7. The summed E-state index contributed by atoms with van der Waals surface area (Å²) in [4.78, 5) is 0. The highest BCUT2D eigenvalue weighted by Gasteiger charge is 2.35. The number of nitriles is 1. The SMILES string of the molecule is N#CC1(CS(=O)Cl)CCCC1. The first-order chi connectivity index (χ1) is 5.18. The number of rotatable bonds is 2. The van der Waals surface area contributed by atoms with Crippen LogP contribution in [-0.4, -0.2) is 9.96 Å². The van der Waals surface area contributed by atoms with Gasteiger partial charge in [-0.25, -0.2) is 4.21 Å². The van der Waals surface area contributed by atoms with Crippen LogP contribution in [0.1, 0.15) is 25.7 Å². The van der Waals surface area contributed by atoms with Crippen molar-refractivity contribution in [2.45, 2.75) is 25.7 Å². The first kappa shape index (κ1) is 9.02. The van der Waals surface area contributed by atoms with Crippen LogP contribution in [0.2, 0.25) is 0 Å². The molecule has 0 spiro atoms. The van der Waals surface area contributed by atoms with Crippen LogP contribution in [0, 0.1) is 16.7 Å². The van der Waals surface area contributed by atoms with Crippen molar-refractivity contribution >= 4 is 20.7 Å². The molecule has 0 amide bonds. The predicted molar refractivity (Wildman–Crippen MR) is 45.4 cm³/mol. The molecule has 0 aliphatic heterocycles. The largest absolute Gasteiger partial charge is 0.243 e. The van der Waals surface area contributed by atoms with E-state index in [1.165, 1.54) is 0 Å². The Labute approximate surface area is 73.5 Å². The molecule has 0 N–H and O–H groups in total. The maximum absolute atomic E-state index is 10.7. The van der Waals surface area contributed by atoms with Crippen LogP contribution < -0.4 is 0 Å². The molecular formula is C7H10ClNOS. The van der Waals surface area contributed by atoms with E-state index in [-0.39, 0.29) is 5.41 Å². The molecule has 1 unspecified atom stereocenters. The van der Waals surface area contributed by atoms with Crippen molar-refractivity contribution in [2.75, 3.05) is 5.75 Å². The van der Waals surface area contributed by atoms with Gasteiger partial charge in [0.2, 0.25) is 0 Å². The maximum Gasteiger partial charge on any atom is 0.116 e. The molecule has 0 heterocycles. The summed E-state index contributed by atoms with van der Waals surface area (Å²) in [5.74, 6) is 0.338. The zero-order chi connectivity index (χ0) is 8.32. The van der Waals surface area contributed by atoms with E-state index in [0.717, 1.165) is 25.7 Å². The maximum atomic E-state index is 10.7. The van der Waals surface area contributed by atoms with Gasteiger partial charge in [0.05, 0.1) is 17.2 Å². The normalized spacial score (nSPS) is 24.4. The zero-order valence-corrected chi connectivity index (χ0v) is 7.75. The monoisotopic (exact) mass is 191 g/mol. The van der Waals surface area contributed by atoms with Crippen LogP contribution in [0.3, 0.4) is 0 Å². The van der Waals surface area contributed by atoms with Gasteiger partial charge < -0.3 is 0 Å². The topological polar surface area (TPSA) is 40.9 Å². The second kappa shape index (κ2) is 3.55. The van der Waals surface area contributed by atoms with Crippen LogP contribution in [0.4, 0.5) is 0 Å². The van der Waals surface area contributed by atoms with Gasteiger partial charge in [-0.1, -0.05) is 12.8 Å². The lowest BCUT2D eigenvalue weighted by atomic mass is 9.91. The van der Waals surface area contributed by atoms with Crippen LogP contribution in [0.25, 0.3) is 0 Å². The van der Waals surface area contributed by atoms with Gasteiger partial charge >= 0.3 is 0 Å². The lowest BCUT2D eigenvalue weighted by molar-refractivity contribution is 0.468. The molecule has 0 aromatic carbocycles. The van der Waals surface area contributed by atoms with E-state index in [1.807, 2.05) is 0 Å². The van der Waals surface area contributed by atoms with Crippen molar-refractivity contribution in [2.24, 2.45) is 5.41 Å². The molecule has 1 aliphatic carbocycles. The van der Waals surface area contributed by atoms with E-state index in [4.69, 9.17) is 15.9 Å². The van der Waals surface area contributed by atoms with E-state index in [9.17, 15) is 4.21 Å². The van der Waals surface area contributed by atoms with Gasteiger partial charge in [-0.3, -0.25) is 0 Å². The average molecular weight is 192 g/mol. The fourth-order valence-electron chi connectivity index (χ4n) is 1.56. The Morgan fingerprint density at radius 3 is 2.45 bits per heavy atom. The third-order valence-corrected chi connectivity index (χ3v) is 3.29. The standard InChI is InChI=1S/C7H10ClNOS/c8-11(10)6-7(5-9)3-1-2-4-7/h1-4,6H2. The number of hydrogen-bond donors (Lipinski definition) is 0. The average Bonchev–Trinajstić information content (AvgIpc) is 2.36. The van der Waals surface area contributed by atoms with E-state index < -0.39 is 10.0 Å². The first-order valence-electron chi connectivity index (χ1n) is 3.64. The summed E-state index contributed by atoms with van der Waals surface area (Å²) in [5.41, 5.74) is -0.368. The molecule has 1 atom stereocenters.